The Kier molecular flexibility index (Phi) is 4.03. The van der Waals surface area contributed by atoms with E-state index in [2.05, 4.69) is 4.98 Å². The summed E-state index contributed by atoms with van der Waals surface area (Å²) in [6, 6.07) is 17.2. The number of hydrogen-bond donors (Lipinski definition) is 1. The minimum atomic E-state index is -0.796. The van der Waals surface area contributed by atoms with E-state index in [0.717, 1.165) is 5.39 Å². The van der Waals surface area contributed by atoms with Crippen molar-refractivity contribution in [1.82, 2.24) is 4.98 Å². The number of rotatable bonds is 4. The second-order valence-electron chi connectivity index (χ2n) is 6.54. The van der Waals surface area contributed by atoms with Gasteiger partial charge in [0.1, 0.15) is 5.58 Å². The summed E-state index contributed by atoms with van der Waals surface area (Å²) < 4.78 is 5.70. The minimum absolute atomic E-state index is 0.0181. The number of anilines is 1. The van der Waals surface area contributed by atoms with Gasteiger partial charge in [0.25, 0.3) is 5.91 Å². The molecule has 1 amide bonds. The summed E-state index contributed by atoms with van der Waals surface area (Å²) in [4.78, 5) is 31.8. The van der Waals surface area contributed by atoms with E-state index < -0.39 is 23.5 Å². The summed E-state index contributed by atoms with van der Waals surface area (Å²) in [5, 5.41) is 13.6. The number of nitrogens with zero attached hydrogens (tertiary/aromatic N) is 2. The Labute approximate surface area is 169 Å². The standard InChI is InChI=1S/C22H14N2O4S/c25-19(16-12-14-8-4-5-9-15(14)28-16)17-18(13-6-2-1-3-7-13)24(21(27)20(17)26)22-23-10-11-29-22/h1-12,18,26H. The van der Waals surface area contributed by atoms with E-state index in [-0.39, 0.29) is 11.3 Å². The lowest BCUT2D eigenvalue weighted by atomic mass is 9.95. The van der Waals surface area contributed by atoms with E-state index in [1.807, 2.05) is 48.5 Å². The monoisotopic (exact) mass is 402 g/mol. The van der Waals surface area contributed by atoms with Gasteiger partial charge in [-0.15, -0.1) is 11.3 Å². The van der Waals surface area contributed by atoms with Crippen LogP contribution in [-0.4, -0.2) is 21.8 Å². The Balaban J connectivity index is 1.66. The van der Waals surface area contributed by atoms with Crippen LogP contribution in [0, 0.1) is 0 Å². The fourth-order valence-electron chi connectivity index (χ4n) is 3.55. The number of benzene rings is 2. The number of fused-ring (bicyclic) bond motifs is 1. The number of aliphatic hydroxyl groups excluding tert-OH is 1. The molecule has 0 aliphatic carbocycles. The van der Waals surface area contributed by atoms with Crippen molar-refractivity contribution in [3.63, 3.8) is 0 Å². The highest BCUT2D eigenvalue weighted by Gasteiger charge is 2.46. The molecule has 1 aliphatic rings. The maximum absolute atomic E-state index is 13.4. The SMILES string of the molecule is O=C(C1=C(O)C(=O)N(c2nccs2)C1c1ccccc1)c1cc2ccccc2o1. The largest absolute Gasteiger partial charge is 0.503 e. The minimum Gasteiger partial charge on any atom is -0.503 e. The molecule has 29 heavy (non-hydrogen) atoms. The lowest BCUT2D eigenvalue weighted by molar-refractivity contribution is -0.117. The molecule has 1 unspecified atom stereocenters. The van der Waals surface area contributed by atoms with Crippen LogP contribution >= 0.6 is 11.3 Å². The molecular formula is C22H14N2O4S. The van der Waals surface area contributed by atoms with Gasteiger partial charge in [0.2, 0.25) is 5.78 Å². The van der Waals surface area contributed by atoms with Crippen molar-refractivity contribution in [2.45, 2.75) is 6.04 Å². The third kappa shape index (κ3) is 2.75. The molecule has 0 saturated carbocycles. The van der Waals surface area contributed by atoms with Crippen molar-refractivity contribution in [3.8, 4) is 0 Å². The van der Waals surface area contributed by atoms with Crippen LogP contribution in [-0.2, 0) is 4.79 Å². The van der Waals surface area contributed by atoms with E-state index in [1.165, 1.54) is 16.2 Å². The van der Waals surface area contributed by atoms with Gasteiger partial charge in [0.05, 0.1) is 11.6 Å². The number of carbonyl (C=O) groups is 2. The molecule has 0 bridgehead atoms. The number of aliphatic hydroxyl groups is 1. The molecule has 0 fully saturated rings. The summed E-state index contributed by atoms with van der Waals surface area (Å²) in [6.45, 7) is 0. The lowest BCUT2D eigenvalue weighted by Crippen LogP contribution is -2.30. The van der Waals surface area contributed by atoms with Crippen molar-refractivity contribution in [1.29, 1.82) is 0 Å². The highest BCUT2D eigenvalue weighted by atomic mass is 32.1. The van der Waals surface area contributed by atoms with Gasteiger partial charge in [0.15, 0.2) is 16.7 Å². The smallest absolute Gasteiger partial charge is 0.296 e. The van der Waals surface area contributed by atoms with Crippen LogP contribution in [0.3, 0.4) is 0 Å². The van der Waals surface area contributed by atoms with Crippen molar-refractivity contribution < 1.29 is 19.1 Å². The average Bonchev–Trinajstić information content (AvgIpc) is 3.47. The molecule has 1 N–H and O–H groups in total. The first-order valence-electron chi connectivity index (χ1n) is 8.89. The van der Waals surface area contributed by atoms with Crippen LogP contribution in [0.1, 0.15) is 22.2 Å². The summed E-state index contributed by atoms with van der Waals surface area (Å²) in [5.74, 6) is -1.70. The Bertz CT molecular complexity index is 1230. The van der Waals surface area contributed by atoms with Crippen LogP contribution in [0.25, 0.3) is 11.0 Å². The molecule has 142 valence electrons. The highest BCUT2D eigenvalue weighted by Crippen LogP contribution is 2.42. The molecule has 4 aromatic rings. The summed E-state index contributed by atoms with van der Waals surface area (Å²) in [7, 11) is 0. The number of amides is 1. The molecule has 7 heteroatoms. The number of para-hydroxylation sites is 1. The third-order valence-corrected chi connectivity index (χ3v) is 5.61. The van der Waals surface area contributed by atoms with E-state index in [1.54, 1.807) is 23.7 Å². The van der Waals surface area contributed by atoms with E-state index >= 15 is 0 Å². The summed E-state index contributed by atoms with van der Waals surface area (Å²) >= 11 is 1.26. The fourth-order valence-corrected chi connectivity index (χ4v) is 4.21. The molecule has 1 aliphatic heterocycles. The van der Waals surface area contributed by atoms with Crippen molar-refractivity contribution >= 4 is 39.1 Å². The van der Waals surface area contributed by atoms with E-state index in [4.69, 9.17) is 4.42 Å². The molecule has 6 nitrogen and oxygen atoms in total. The Hall–Kier alpha value is -3.71. The maximum atomic E-state index is 13.4. The van der Waals surface area contributed by atoms with Gasteiger partial charge in [-0.3, -0.25) is 14.5 Å². The number of carbonyl (C=O) groups excluding carboxylic acids is 2. The average molecular weight is 402 g/mol. The summed E-state index contributed by atoms with van der Waals surface area (Å²) in [6.07, 6.45) is 1.57. The topological polar surface area (TPSA) is 83.6 Å². The molecular weight excluding hydrogens is 388 g/mol. The predicted octanol–water partition coefficient (Wildman–Crippen LogP) is 4.67. The first-order chi connectivity index (χ1) is 14.1. The molecule has 5 rings (SSSR count). The third-order valence-electron chi connectivity index (χ3n) is 4.84. The van der Waals surface area contributed by atoms with E-state index in [9.17, 15) is 14.7 Å². The van der Waals surface area contributed by atoms with Gasteiger partial charge >= 0.3 is 0 Å². The number of thiazole rings is 1. The number of hydrogen-bond acceptors (Lipinski definition) is 6. The Morgan fingerprint density at radius 3 is 2.59 bits per heavy atom. The Morgan fingerprint density at radius 1 is 1.10 bits per heavy atom. The van der Waals surface area contributed by atoms with Gasteiger partial charge < -0.3 is 9.52 Å². The quantitative estimate of drug-likeness (QED) is 0.502. The second-order valence-corrected chi connectivity index (χ2v) is 7.42. The summed E-state index contributed by atoms with van der Waals surface area (Å²) in [5.41, 5.74) is 1.24. The zero-order chi connectivity index (χ0) is 20.0. The van der Waals surface area contributed by atoms with Gasteiger partial charge in [-0.2, -0.15) is 0 Å². The van der Waals surface area contributed by atoms with Crippen LogP contribution in [0.2, 0.25) is 0 Å². The number of Topliss-reactive ketones (excluding diaryl/α,β-unsaturated/α-hetero) is 1. The Morgan fingerprint density at radius 2 is 1.86 bits per heavy atom. The second kappa shape index (κ2) is 6.72. The number of aromatic nitrogens is 1. The molecule has 2 aromatic heterocycles. The first-order valence-corrected chi connectivity index (χ1v) is 9.77. The van der Waals surface area contributed by atoms with E-state index in [0.29, 0.717) is 16.3 Å². The number of furan rings is 1. The first kappa shape index (κ1) is 17.4. The van der Waals surface area contributed by atoms with Crippen LogP contribution < -0.4 is 4.90 Å². The van der Waals surface area contributed by atoms with Crippen LogP contribution in [0.4, 0.5) is 5.13 Å². The molecule has 0 saturated heterocycles. The van der Waals surface area contributed by atoms with Gasteiger partial charge in [-0.25, -0.2) is 4.98 Å². The molecule has 3 heterocycles. The normalized spacial score (nSPS) is 16.8. The van der Waals surface area contributed by atoms with Gasteiger partial charge in [-0.1, -0.05) is 48.5 Å². The zero-order valence-electron chi connectivity index (χ0n) is 15.0. The lowest BCUT2D eigenvalue weighted by Gasteiger charge is -2.24. The predicted molar refractivity (Wildman–Crippen MR) is 109 cm³/mol. The van der Waals surface area contributed by atoms with Crippen molar-refractivity contribution in [3.05, 3.63) is 94.9 Å². The molecule has 0 spiro atoms. The fraction of sp³-hybridized carbons (Fsp3) is 0.0455. The zero-order valence-corrected chi connectivity index (χ0v) is 15.8. The maximum Gasteiger partial charge on any atom is 0.296 e. The molecule has 2 aromatic carbocycles. The van der Waals surface area contributed by atoms with Crippen LogP contribution in [0.5, 0.6) is 0 Å². The molecule has 0 radical (unpaired) electrons. The number of ketones is 1. The van der Waals surface area contributed by atoms with Gasteiger partial charge in [0, 0.05) is 17.0 Å². The molecule has 1 atom stereocenters. The van der Waals surface area contributed by atoms with Crippen LogP contribution in [0.15, 0.2) is 88.0 Å². The van der Waals surface area contributed by atoms with Crippen molar-refractivity contribution in [2.24, 2.45) is 0 Å². The van der Waals surface area contributed by atoms with Crippen molar-refractivity contribution in [2.75, 3.05) is 4.90 Å². The highest BCUT2D eigenvalue weighted by molar-refractivity contribution is 7.13. The van der Waals surface area contributed by atoms with Gasteiger partial charge in [-0.05, 0) is 17.7 Å².